The molecule has 4 aromatic rings. The molecule has 0 saturated heterocycles. The zero-order valence-corrected chi connectivity index (χ0v) is 18.4. The highest BCUT2D eigenvalue weighted by Crippen LogP contribution is 2.34. The van der Waals surface area contributed by atoms with E-state index in [1.165, 1.54) is 32.5 Å². The summed E-state index contributed by atoms with van der Waals surface area (Å²) in [6.07, 6.45) is -2.52. The van der Waals surface area contributed by atoms with Gasteiger partial charge in [-0.25, -0.2) is 35.7 Å². The van der Waals surface area contributed by atoms with Crippen LogP contribution in [0.25, 0.3) is 16.6 Å². The Morgan fingerprint density at radius 1 is 1.15 bits per heavy atom. The minimum Gasteiger partial charge on any atom is -0.481 e. The van der Waals surface area contributed by atoms with Crippen molar-refractivity contribution in [2.75, 3.05) is 11.8 Å². The predicted octanol–water partition coefficient (Wildman–Crippen LogP) is 3.40. The first-order valence-corrected chi connectivity index (χ1v) is 11.1. The minimum atomic E-state index is -4.34. The number of anilines is 1. The van der Waals surface area contributed by atoms with E-state index in [2.05, 4.69) is 29.9 Å². The van der Waals surface area contributed by atoms with Crippen molar-refractivity contribution < 1.29 is 30.7 Å². The van der Waals surface area contributed by atoms with Crippen molar-refractivity contribution in [1.82, 2.24) is 29.9 Å². The highest BCUT2D eigenvalue weighted by molar-refractivity contribution is 7.93. The van der Waals surface area contributed by atoms with E-state index in [0.717, 1.165) is 17.1 Å². The first-order chi connectivity index (χ1) is 16.1. The lowest BCUT2D eigenvalue weighted by Crippen LogP contribution is -2.17. The molecule has 10 nitrogen and oxygen atoms in total. The predicted molar refractivity (Wildman–Crippen MR) is 112 cm³/mol. The van der Waals surface area contributed by atoms with Gasteiger partial charge in [-0.2, -0.15) is 15.2 Å². The molecule has 0 radical (unpaired) electrons. The average molecular weight is 499 g/mol. The Balaban J connectivity index is 1.78. The molecule has 3 aromatic heterocycles. The second kappa shape index (κ2) is 8.89. The van der Waals surface area contributed by atoms with Crippen molar-refractivity contribution in [3.05, 3.63) is 47.5 Å². The Morgan fingerprint density at radius 3 is 2.47 bits per heavy atom. The van der Waals surface area contributed by atoms with Crippen LogP contribution < -0.4 is 9.46 Å². The van der Waals surface area contributed by atoms with Gasteiger partial charge in [-0.15, -0.1) is 4.80 Å². The smallest absolute Gasteiger partial charge is 0.266 e. The fraction of sp³-hybridized carbons (Fsp3) is 0.263. The van der Waals surface area contributed by atoms with Gasteiger partial charge in [0.15, 0.2) is 0 Å². The van der Waals surface area contributed by atoms with E-state index in [0.29, 0.717) is 0 Å². The number of benzene rings is 1. The number of nitrogens with one attached hydrogen (secondary N) is 2. The zero-order chi connectivity index (χ0) is 24.6. The van der Waals surface area contributed by atoms with E-state index in [-0.39, 0.29) is 38.6 Å². The molecule has 2 N–H and O–H groups in total. The van der Waals surface area contributed by atoms with Crippen LogP contribution in [0.1, 0.15) is 23.2 Å². The fourth-order valence-electron chi connectivity index (χ4n) is 3.47. The van der Waals surface area contributed by atoms with Crippen molar-refractivity contribution in [2.45, 2.75) is 31.1 Å². The van der Waals surface area contributed by atoms with Gasteiger partial charge < -0.3 is 9.72 Å². The van der Waals surface area contributed by atoms with Crippen LogP contribution in [0.3, 0.4) is 0 Å². The maximum Gasteiger partial charge on any atom is 0.266 e. The third kappa shape index (κ3) is 4.25. The van der Waals surface area contributed by atoms with Crippen LogP contribution in [0.15, 0.2) is 35.6 Å². The molecule has 0 spiro atoms. The maximum atomic E-state index is 13.6. The van der Waals surface area contributed by atoms with Crippen LogP contribution >= 0.6 is 0 Å². The topological polar surface area (TPSA) is 128 Å². The monoisotopic (exact) mass is 499 g/mol. The molecule has 3 heterocycles. The Hall–Kier alpha value is -3.75. The van der Waals surface area contributed by atoms with Gasteiger partial charge in [0.1, 0.15) is 10.6 Å². The van der Waals surface area contributed by atoms with E-state index in [1.807, 2.05) is 0 Å². The fourth-order valence-corrected chi connectivity index (χ4v) is 4.58. The molecule has 0 aliphatic rings. The van der Waals surface area contributed by atoms with Crippen LogP contribution in [-0.4, -0.2) is 51.9 Å². The van der Waals surface area contributed by atoms with E-state index < -0.39 is 40.8 Å². The molecule has 0 unspecified atom stereocenters. The van der Waals surface area contributed by atoms with Crippen molar-refractivity contribution in [2.24, 2.45) is 0 Å². The maximum absolute atomic E-state index is 13.6. The quantitative estimate of drug-likeness (QED) is 0.356. The summed E-state index contributed by atoms with van der Waals surface area (Å²) in [5.41, 5.74) is -0.290. The number of ether oxygens (including phenoxy) is 1. The summed E-state index contributed by atoms with van der Waals surface area (Å²) in [7, 11) is -3.13. The molecule has 0 bridgehead atoms. The number of alkyl halides is 4. The second-order valence-electron chi connectivity index (χ2n) is 7.02. The van der Waals surface area contributed by atoms with Crippen LogP contribution in [0.5, 0.6) is 5.88 Å². The molecule has 34 heavy (non-hydrogen) atoms. The van der Waals surface area contributed by atoms with Crippen molar-refractivity contribution in [1.29, 1.82) is 0 Å². The largest absolute Gasteiger partial charge is 0.481 e. The number of methoxy groups -OCH3 is 1. The highest BCUT2D eigenvalue weighted by Gasteiger charge is 2.26. The van der Waals surface area contributed by atoms with Gasteiger partial charge in [-0.3, -0.25) is 0 Å². The van der Waals surface area contributed by atoms with Crippen LogP contribution in [0.2, 0.25) is 0 Å². The molecule has 0 aliphatic carbocycles. The van der Waals surface area contributed by atoms with Gasteiger partial charge in [0.25, 0.3) is 16.4 Å². The van der Waals surface area contributed by atoms with Gasteiger partial charge in [0.05, 0.1) is 30.7 Å². The summed E-state index contributed by atoms with van der Waals surface area (Å²) in [6, 6.07) is 2.31. The summed E-state index contributed by atoms with van der Waals surface area (Å²) in [4.78, 5) is 11.2. The second-order valence-corrected chi connectivity index (χ2v) is 8.67. The molecular formula is C19H17F4N7O3S. The molecule has 0 atom stereocenters. The van der Waals surface area contributed by atoms with Crippen molar-refractivity contribution in [3.8, 4) is 11.6 Å². The molecular weight excluding hydrogens is 482 g/mol. The van der Waals surface area contributed by atoms with E-state index >= 15 is 0 Å². The molecule has 1 aromatic carbocycles. The summed E-state index contributed by atoms with van der Waals surface area (Å²) in [5, 5.41) is 7.84. The molecule has 0 fully saturated rings. The van der Waals surface area contributed by atoms with Crippen LogP contribution in [-0.2, 0) is 16.4 Å². The van der Waals surface area contributed by atoms with Crippen molar-refractivity contribution >= 4 is 26.9 Å². The van der Waals surface area contributed by atoms with Gasteiger partial charge in [0, 0.05) is 29.1 Å². The highest BCUT2D eigenvalue weighted by atomic mass is 32.2. The molecule has 15 heteroatoms. The lowest BCUT2D eigenvalue weighted by Gasteiger charge is -2.13. The number of aryl methyl sites for hydroxylation is 1. The van der Waals surface area contributed by atoms with E-state index in [1.54, 1.807) is 0 Å². The Morgan fingerprint density at radius 2 is 1.85 bits per heavy atom. The van der Waals surface area contributed by atoms with E-state index in [4.69, 9.17) is 4.74 Å². The summed E-state index contributed by atoms with van der Waals surface area (Å²) in [6.45, 7) is 1.42. The number of hydrogen-bond donors (Lipinski definition) is 2. The number of H-pyrrole nitrogens is 1. The molecule has 4 rings (SSSR count). The number of aromatic amines is 1. The van der Waals surface area contributed by atoms with E-state index in [9.17, 15) is 26.0 Å². The number of halogens is 4. The summed E-state index contributed by atoms with van der Waals surface area (Å²) >= 11 is 0. The summed E-state index contributed by atoms with van der Waals surface area (Å²) < 4.78 is 86.3. The number of aromatic nitrogens is 6. The van der Waals surface area contributed by atoms with Crippen LogP contribution in [0, 0.1) is 6.92 Å². The first kappa shape index (κ1) is 23.4. The number of nitrogens with zero attached hydrogens (tertiary/aromatic N) is 5. The first-order valence-electron chi connectivity index (χ1n) is 9.63. The number of rotatable bonds is 8. The molecule has 0 amide bonds. The third-order valence-corrected chi connectivity index (χ3v) is 6.29. The average Bonchev–Trinajstić information content (AvgIpc) is 3.44. The van der Waals surface area contributed by atoms with Gasteiger partial charge in [-0.05, 0) is 6.92 Å². The lowest BCUT2D eigenvalue weighted by atomic mass is 10.1. The van der Waals surface area contributed by atoms with Crippen LogP contribution in [0.4, 0.5) is 23.5 Å². The van der Waals surface area contributed by atoms with Gasteiger partial charge >= 0.3 is 0 Å². The molecule has 180 valence electrons. The Labute approximate surface area is 190 Å². The molecule has 0 saturated carbocycles. The van der Waals surface area contributed by atoms with Crippen molar-refractivity contribution in [3.63, 3.8) is 0 Å². The molecule has 0 aliphatic heterocycles. The minimum absolute atomic E-state index is 0.0448. The SMILES string of the molecule is COc1nc(NS(=O)(=O)c2c[nH]c3c(-n4nccn4)c(C(F)F)ccc23)nc(C)c1CC(F)F. The standard InChI is InChI=1S/C19H17F4N7O3S/c1-9-12(7-14(20)21)18(33-2)28-19(27-9)29-34(31,32)13-8-24-15-10(13)3-4-11(17(22)23)16(15)30-25-5-6-26-30/h3-6,8,14,17,24H,7H2,1-2H3,(H,27,28,29). The van der Waals surface area contributed by atoms with Gasteiger partial charge in [0.2, 0.25) is 18.3 Å². The normalized spacial score (nSPS) is 12.1. The lowest BCUT2D eigenvalue weighted by molar-refractivity contribution is 0.147. The van der Waals surface area contributed by atoms with Gasteiger partial charge in [-0.1, -0.05) is 12.1 Å². The third-order valence-electron chi connectivity index (χ3n) is 4.92. The zero-order valence-electron chi connectivity index (χ0n) is 17.6. The number of fused-ring (bicyclic) bond motifs is 1. The number of hydrogen-bond acceptors (Lipinski definition) is 7. The summed E-state index contributed by atoms with van der Waals surface area (Å²) in [5.74, 6) is -0.599. The number of sulfonamides is 1. The Bertz CT molecular complexity index is 1440. The Kier molecular flexibility index (Phi) is 6.12.